The molecular weight excluding hydrogens is 467 g/mol. The molecule has 1 aliphatic rings. The molecule has 3 rings (SSSR count). The van der Waals surface area contributed by atoms with Crippen LogP contribution in [-0.4, -0.2) is 51.9 Å². The van der Waals surface area contributed by atoms with Crippen molar-refractivity contribution >= 4 is 29.9 Å². The van der Waals surface area contributed by atoms with E-state index < -0.39 is 0 Å². The van der Waals surface area contributed by atoms with Gasteiger partial charge in [-0.3, -0.25) is 4.68 Å². The minimum atomic E-state index is 0. The molecule has 8 heteroatoms. The summed E-state index contributed by atoms with van der Waals surface area (Å²) in [6.45, 7) is 8.33. The molecule has 154 valence electrons. The van der Waals surface area contributed by atoms with Crippen molar-refractivity contribution in [2.75, 3.05) is 26.2 Å². The highest BCUT2D eigenvalue weighted by molar-refractivity contribution is 14.0. The van der Waals surface area contributed by atoms with Crippen LogP contribution in [-0.2, 0) is 13.6 Å². The number of aliphatic imine (C=N–C) groups is 1. The smallest absolute Gasteiger partial charge is 0.213 e. The number of rotatable bonds is 7. The minimum absolute atomic E-state index is 0. The Labute approximate surface area is 184 Å². The first-order valence-electron chi connectivity index (χ1n) is 9.79. The standard InChI is InChI=1S/C20H30N6O.HI/c1-4-10-27-19-7-6-16(11-22-19)12-23-20(21-5-2)26-9-8-17(15-26)18-13-24-25(3)14-18;/h6-7,11,13-14,17H,4-5,8-10,12,15H2,1-3H3,(H,21,23);1H. The second kappa shape index (κ2) is 11.2. The van der Waals surface area contributed by atoms with Crippen molar-refractivity contribution in [2.24, 2.45) is 12.0 Å². The Kier molecular flexibility index (Phi) is 9.01. The summed E-state index contributed by atoms with van der Waals surface area (Å²) in [4.78, 5) is 11.5. The third kappa shape index (κ3) is 6.08. The van der Waals surface area contributed by atoms with E-state index >= 15 is 0 Å². The lowest BCUT2D eigenvalue weighted by molar-refractivity contribution is 0.305. The van der Waals surface area contributed by atoms with Gasteiger partial charge in [-0.25, -0.2) is 9.98 Å². The van der Waals surface area contributed by atoms with Crippen molar-refractivity contribution in [3.8, 4) is 5.88 Å². The van der Waals surface area contributed by atoms with E-state index in [1.807, 2.05) is 36.3 Å². The molecule has 1 saturated heterocycles. The quantitative estimate of drug-likeness (QED) is 0.361. The molecule has 0 spiro atoms. The Morgan fingerprint density at radius 2 is 2.18 bits per heavy atom. The third-order valence-electron chi connectivity index (χ3n) is 4.68. The third-order valence-corrected chi connectivity index (χ3v) is 4.68. The minimum Gasteiger partial charge on any atom is -0.478 e. The van der Waals surface area contributed by atoms with E-state index in [4.69, 9.17) is 9.73 Å². The van der Waals surface area contributed by atoms with Crippen LogP contribution in [0, 0.1) is 0 Å². The molecule has 0 aliphatic carbocycles. The number of aryl methyl sites for hydroxylation is 1. The molecule has 1 atom stereocenters. The molecule has 2 aromatic rings. The Hall–Kier alpha value is -1.84. The molecule has 0 aromatic carbocycles. The first-order valence-corrected chi connectivity index (χ1v) is 9.79. The van der Waals surface area contributed by atoms with Gasteiger partial charge < -0.3 is 15.0 Å². The lowest BCUT2D eigenvalue weighted by Crippen LogP contribution is -2.40. The van der Waals surface area contributed by atoms with Gasteiger partial charge in [0.25, 0.3) is 0 Å². The fourth-order valence-electron chi connectivity index (χ4n) is 3.26. The first-order chi connectivity index (χ1) is 13.2. The largest absolute Gasteiger partial charge is 0.478 e. The van der Waals surface area contributed by atoms with Crippen molar-refractivity contribution in [3.05, 3.63) is 41.9 Å². The zero-order chi connectivity index (χ0) is 19.1. The van der Waals surface area contributed by atoms with Crippen LogP contribution in [0.1, 0.15) is 43.7 Å². The predicted molar refractivity (Wildman–Crippen MR) is 122 cm³/mol. The SMILES string of the molecule is CCCOc1ccc(CN=C(NCC)N2CCC(c3cnn(C)c3)C2)cn1.I. The number of nitrogens with zero attached hydrogens (tertiary/aromatic N) is 5. The van der Waals surface area contributed by atoms with E-state index in [9.17, 15) is 0 Å². The van der Waals surface area contributed by atoms with E-state index in [0.29, 0.717) is 24.9 Å². The first kappa shape index (κ1) is 22.4. The second-order valence-corrected chi connectivity index (χ2v) is 6.90. The van der Waals surface area contributed by atoms with E-state index in [1.165, 1.54) is 5.56 Å². The molecule has 1 aliphatic heterocycles. The second-order valence-electron chi connectivity index (χ2n) is 6.90. The highest BCUT2D eigenvalue weighted by atomic mass is 127. The van der Waals surface area contributed by atoms with E-state index in [2.05, 4.69) is 40.3 Å². The van der Waals surface area contributed by atoms with Gasteiger partial charge in [-0.1, -0.05) is 13.0 Å². The molecular formula is C20H31IN6O. The Morgan fingerprint density at radius 3 is 2.82 bits per heavy atom. The molecule has 2 aromatic heterocycles. The number of halogens is 1. The molecule has 1 fully saturated rings. The van der Waals surface area contributed by atoms with Crippen LogP contribution in [0.3, 0.4) is 0 Å². The van der Waals surface area contributed by atoms with Crippen molar-refractivity contribution in [2.45, 2.75) is 39.2 Å². The molecule has 0 radical (unpaired) electrons. The Bertz CT molecular complexity index is 745. The number of pyridine rings is 1. The van der Waals surface area contributed by atoms with Crippen LogP contribution in [0.5, 0.6) is 5.88 Å². The number of ether oxygens (including phenoxy) is 1. The molecule has 1 N–H and O–H groups in total. The average molecular weight is 498 g/mol. The summed E-state index contributed by atoms with van der Waals surface area (Å²) in [5, 5.41) is 7.73. The van der Waals surface area contributed by atoms with Gasteiger partial charge in [0.1, 0.15) is 0 Å². The maximum Gasteiger partial charge on any atom is 0.213 e. The van der Waals surface area contributed by atoms with E-state index in [1.54, 1.807) is 0 Å². The molecule has 1 unspecified atom stereocenters. The topological polar surface area (TPSA) is 67.6 Å². The number of hydrogen-bond donors (Lipinski definition) is 1. The van der Waals surface area contributed by atoms with Crippen molar-refractivity contribution in [3.63, 3.8) is 0 Å². The lowest BCUT2D eigenvalue weighted by Gasteiger charge is -2.21. The maximum absolute atomic E-state index is 5.54. The normalized spacial score (nSPS) is 16.8. The number of guanidine groups is 1. The van der Waals surface area contributed by atoms with E-state index in [-0.39, 0.29) is 24.0 Å². The van der Waals surface area contributed by atoms with Gasteiger partial charge in [0.2, 0.25) is 5.88 Å². The van der Waals surface area contributed by atoms with Gasteiger partial charge in [-0.15, -0.1) is 24.0 Å². The van der Waals surface area contributed by atoms with Gasteiger partial charge in [-0.2, -0.15) is 5.10 Å². The summed E-state index contributed by atoms with van der Waals surface area (Å²) >= 11 is 0. The summed E-state index contributed by atoms with van der Waals surface area (Å²) in [5.41, 5.74) is 2.39. The monoisotopic (exact) mass is 498 g/mol. The van der Waals surface area contributed by atoms with Crippen LogP contribution in [0.15, 0.2) is 35.7 Å². The number of hydrogen-bond acceptors (Lipinski definition) is 4. The van der Waals surface area contributed by atoms with Crippen LogP contribution >= 0.6 is 24.0 Å². The van der Waals surface area contributed by atoms with Crippen molar-refractivity contribution in [1.82, 2.24) is 25.0 Å². The van der Waals surface area contributed by atoms with Gasteiger partial charge in [0, 0.05) is 51.1 Å². The average Bonchev–Trinajstić information content (AvgIpc) is 3.33. The zero-order valence-electron chi connectivity index (χ0n) is 17.0. The fourth-order valence-corrected chi connectivity index (χ4v) is 3.26. The van der Waals surface area contributed by atoms with Crippen LogP contribution in [0.25, 0.3) is 0 Å². The Morgan fingerprint density at radius 1 is 1.32 bits per heavy atom. The van der Waals surface area contributed by atoms with Crippen LogP contribution in [0.4, 0.5) is 0 Å². The fraction of sp³-hybridized carbons (Fsp3) is 0.550. The lowest BCUT2D eigenvalue weighted by atomic mass is 10.0. The summed E-state index contributed by atoms with van der Waals surface area (Å²) < 4.78 is 7.41. The zero-order valence-corrected chi connectivity index (χ0v) is 19.3. The summed E-state index contributed by atoms with van der Waals surface area (Å²) in [6, 6.07) is 3.95. The molecule has 7 nitrogen and oxygen atoms in total. The van der Waals surface area contributed by atoms with Gasteiger partial charge >= 0.3 is 0 Å². The molecule has 0 amide bonds. The molecule has 0 bridgehead atoms. The number of nitrogens with one attached hydrogen (secondary N) is 1. The van der Waals surface area contributed by atoms with Crippen molar-refractivity contribution in [1.29, 1.82) is 0 Å². The number of likely N-dealkylation sites (tertiary alicyclic amines) is 1. The van der Waals surface area contributed by atoms with Gasteiger partial charge in [-0.05, 0) is 30.9 Å². The Balaban J connectivity index is 0.00000280. The number of aromatic nitrogens is 3. The van der Waals surface area contributed by atoms with Gasteiger partial charge in [0.05, 0.1) is 19.3 Å². The van der Waals surface area contributed by atoms with Crippen molar-refractivity contribution < 1.29 is 4.74 Å². The summed E-state index contributed by atoms with van der Waals surface area (Å²) in [5.74, 6) is 2.16. The van der Waals surface area contributed by atoms with Crippen LogP contribution in [0.2, 0.25) is 0 Å². The maximum atomic E-state index is 5.54. The highest BCUT2D eigenvalue weighted by Gasteiger charge is 2.26. The predicted octanol–water partition coefficient (Wildman–Crippen LogP) is 3.18. The molecule has 3 heterocycles. The highest BCUT2D eigenvalue weighted by Crippen LogP contribution is 2.26. The summed E-state index contributed by atoms with van der Waals surface area (Å²) in [6.07, 6.45) is 8.05. The van der Waals surface area contributed by atoms with Crippen LogP contribution < -0.4 is 10.1 Å². The van der Waals surface area contributed by atoms with E-state index in [0.717, 1.165) is 44.0 Å². The summed E-state index contributed by atoms with van der Waals surface area (Å²) in [7, 11) is 1.97. The van der Waals surface area contributed by atoms with Gasteiger partial charge in [0.15, 0.2) is 5.96 Å². The molecule has 28 heavy (non-hydrogen) atoms. The molecule has 0 saturated carbocycles.